The summed E-state index contributed by atoms with van der Waals surface area (Å²) in [4.78, 5) is 11.9. The minimum absolute atomic E-state index is 0.172. The monoisotopic (exact) mass is 275 g/mol. The minimum atomic E-state index is -2.87. The molecule has 1 amide bonds. The SMILES string of the molecule is CCn1nc(C(C)C)cc1C(=O)NCC(O)C(F)F. The Hall–Kier alpha value is -1.50. The molecule has 1 aromatic rings. The van der Waals surface area contributed by atoms with Crippen LogP contribution in [0.2, 0.25) is 0 Å². The first kappa shape index (κ1) is 15.6. The van der Waals surface area contributed by atoms with Crippen LogP contribution in [-0.4, -0.2) is 39.9 Å². The third-order valence-corrected chi connectivity index (χ3v) is 2.69. The van der Waals surface area contributed by atoms with E-state index in [1.54, 1.807) is 6.07 Å². The minimum Gasteiger partial charge on any atom is -0.385 e. The molecule has 0 aliphatic rings. The number of hydrogen-bond acceptors (Lipinski definition) is 3. The molecule has 1 rings (SSSR count). The van der Waals surface area contributed by atoms with Crippen molar-refractivity contribution in [3.05, 3.63) is 17.5 Å². The van der Waals surface area contributed by atoms with Crippen molar-refractivity contribution in [1.29, 1.82) is 0 Å². The van der Waals surface area contributed by atoms with E-state index in [1.807, 2.05) is 20.8 Å². The second kappa shape index (κ2) is 6.60. The van der Waals surface area contributed by atoms with Gasteiger partial charge in [0, 0.05) is 13.1 Å². The molecular weight excluding hydrogens is 256 g/mol. The third-order valence-electron chi connectivity index (χ3n) is 2.69. The average Bonchev–Trinajstić information content (AvgIpc) is 2.79. The zero-order chi connectivity index (χ0) is 14.6. The Morgan fingerprint density at radius 1 is 1.53 bits per heavy atom. The van der Waals surface area contributed by atoms with Crippen LogP contribution in [0.25, 0.3) is 0 Å². The van der Waals surface area contributed by atoms with E-state index in [2.05, 4.69) is 10.4 Å². The topological polar surface area (TPSA) is 67.2 Å². The molecule has 19 heavy (non-hydrogen) atoms. The molecule has 0 fully saturated rings. The van der Waals surface area contributed by atoms with E-state index in [0.29, 0.717) is 12.2 Å². The molecule has 0 aliphatic carbocycles. The van der Waals surface area contributed by atoms with Gasteiger partial charge >= 0.3 is 0 Å². The molecule has 1 unspecified atom stereocenters. The summed E-state index contributed by atoms with van der Waals surface area (Å²) in [6.45, 7) is 5.76. The van der Waals surface area contributed by atoms with Crippen molar-refractivity contribution in [2.24, 2.45) is 0 Å². The van der Waals surface area contributed by atoms with Crippen molar-refractivity contribution in [2.75, 3.05) is 6.54 Å². The number of halogens is 2. The summed E-state index contributed by atoms with van der Waals surface area (Å²) in [6.07, 6.45) is -4.73. The average molecular weight is 275 g/mol. The van der Waals surface area contributed by atoms with Crippen molar-refractivity contribution >= 4 is 5.91 Å². The second-order valence-electron chi connectivity index (χ2n) is 4.54. The summed E-state index contributed by atoms with van der Waals surface area (Å²) in [5, 5.41) is 15.5. The Kier molecular flexibility index (Phi) is 5.41. The van der Waals surface area contributed by atoms with E-state index in [9.17, 15) is 13.6 Å². The summed E-state index contributed by atoms with van der Waals surface area (Å²) >= 11 is 0. The number of amides is 1. The van der Waals surface area contributed by atoms with E-state index in [0.717, 1.165) is 5.69 Å². The number of nitrogens with zero attached hydrogens (tertiary/aromatic N) is 2. The summed E-state index contributed by atoms with van der Waals surface area (Å²) in [6, 6.07) is 1.64. The molecule has 108 valence electrons. The largest absolute Gasteiger partial charge is 0.385 e. The highest BCUT2D eigenvalue weighted by atomic mass is 19.3. The smallest absolute Gasteiger partial charge is 0.269 e. The Morgan fingerprint density at radius 2 is 2.16 bits per heavy atom. The van der Waals surface area contributed by atoms with Crippen LogP contribution in [0.3, 0.4) is 0 Å². The Balaban J connectivity index is 2.76. The first-order valence-corrected chi connectivity index (χ1v) is 6.19. The van der Waals surface area contributed by atoms with Crippen LogP contribution in [0, 0.1) is 0 Å². The molecule has 7 heteroatoms. The Morgan fingerprint density at radius 3 is 2.63 bits per heavy atom. The molecular formula is C12H19F2N3O2. The van der Waals surface area contributed by atoms with E-state index in [1.165, 1.54) is 4.68 Å². The van der Waals surface area contributed by atoms with Gasteiger partial charge in [0.1, 0.15) is 11.8 Å². The van der Waals surface area contributed by atoms with Crippen LogP contribution in [0.1, 0.15) is 42.9 Å². The van der Waals surface area contributed by atoms with Crippen LogP contribution in [0.15, 0.2) is 6.07 Å². The van der Waals surface area contributed by atoms with E-state index >= 15 is 0 Å². The lowest BCUT2D eigenvalue weighted by Gasteiger charge is -2.11. The van der Waals surface area contributed by atoms with Gasteiger partial charge in [-0.2, -0.15) is 5.10 Å². The van der Waals surface area contributed by atoms with Gasteiger partial charge < -0.3 is 10.4 Å². The molecule has 0 aliphatic heterocycles. The van der Waals surface area contributed by atoms with Crippen molar-refractivity contribution in [3.8, 4) is 0 Å². The lowest BCUT2D eigenvalue weighted by molar-refractivity contribution is -0.00275. The summed E-state index contributed by atoms with van der Waals surface area (Å²) in [5.74, 6) is -0.341. The molecule has 0 saturated carbocycles. The number of aliphatic hydroxyl groups excluding tert-OH is 1. The van der Waals surface area contributed by atoms with Gasteiger partial charge in [0.25, 0.3) is 12.3 Å². The maximum absolute atomic E-state index is 12.1. The van der Waals surface area contributed by atoms with Crippen LogP contribution in [0.5, 0.6) is 0 Å². The quantitative estimate of drug-likeness (QED) is 0.824. The van der Waals surface area contributed by atoms with Crippen molar-refractivity contribution in [3.63, 3.8) is 0 Å². The molecule has 0 bridgehead atoms. The fourth-order valence-corrected chi connectivity index (χ4v) is 1.52. The summed E-state index contributed by atoms with van der Waals surface area (Å²) in [5.41, 5.74) is 1.08. The summed E-state index contributed by atoms with van der Waals surface area (Å²) in [7, 11) is 0. The molecule has 0 aromatic carbocycles. The van der Waals surface area contributed by atoms with Gasteiger partial charge in [0.15, 0.2) is 0 Å². The highest BCUT2D eigenvalue weighted by Crippen LogP contribution is 2.14. The number of nitrogens with one attached hydrogen (secondary N) is 1. The number of hydrogen-bond donors (Lipinski definition) is 2. The molecule has 1 aromatic heterocycles. The lowest BCUT2D eigenvalue weighted by Crippen LogP contribution is -2.36. The lowest BCUT2D eigenvalue weighted by atomic mass is 10.1. The Bertz CT molecular complexity index is 433. The molecule has 2 N–H and O–H groups in total. The number of aliphatic hydroxyl groups is 1. The standard InChI is InChI=1S/C12H19F2N3O2/c1-4-17-9(5-8(16-17)7(2)3)12(19)15-6-10(18)11(13)14/h5,7,10-11,18H,4,6H2,1-3H3,(H,15,19). The van der Waals surface area contributed by atoms with Gasteiger partial charge in [0.2, 0.25) is 0 Å². The number of aromatic nitrogens is 2. The number of rotatable bonds is 6. The van der Waals surface area contributed by atoms with E-state index in [4.69, 9.17) is 5.11 Å². The van der Waals surface area contributed by atoms with Crippen molar-refractivity contribution in [1.82, 2.24) is 15.1 Å². The number of aryl methyl sites for hydroxylation is 1. The van der Waals surface area contributed by atoms with Crippen LogP contribution >= 0.6 is 0 Å². The predicted molar refractivity (Wildman–Crippen MR) is 66.3 cm³/mol. The number of carbonyl (C=O) groups is 1. The van der Waals surface area contributed by atoms with Crippen LogP contribution < -0.4 is 5.32 Å². The first-order chi connectivity index (χ1) is 8.86. The third kappa shape index (κ3) is 3.99. The van der Waals surface area contributed by atoms with Gasteiger partial charge in [0.05, 0.1) is 5.69 Å². The molecule has 0 radical (unpaired) electrons. The van der Waals surface area contributed by atoms with Crippen LogP contribution in [0.4, 0.5) is 8.78 Å². The maximum atomic E-state index is 12.1. The normalized spacial score (nSPS) is 13.1. The highest BCUT2D eigenvalue weighted by Gasteiger charge is 2.20. The molecule has 1 heterocycles. The van der Waals surface area contributed by atoms with Gasteiger partial charge in [-0.05, 0) is 18.9 Å². The van der Waals surface area contributed by atoms with Gasteiger partial charge in [-0.15, -0.1) is 0 Å². The van der Waals surface area contributed by atoms with Gasteiger partial charge in [-0.25, -0.2) is 8.78 Å². The zero-order valence-electron chi connectivity index (χ0n) is 11.2. The number of alkyl halides is 2. The fraction of sp³-hybridized carbons (Fsp3) is 0.667. The van der Waals surface area contributed by atoms with Gasteiger partial charge in [-0.3, -0.25) is 9.48 Å². The van der Waals surface area contributed by atoms with Gasteiger partial charge in [-0.1, -0.05) is 13.8 Å². The molecule has 0 spiro atoms. The first-order valence-electron chi connectivity index (χ1n) is 6.19. The van der Waals surface area contributed by atoms with Crippen molar-refractivity contribution < 1.29 is 18.7 Å². The van der Waals surface area contributed by atoms with E-state index < -0.39 is 25.0 Å². The predicted octanol–water partition coefficient (Wildman–Crippen LogP) is 1.38. The highest BCUT2D eigenvalue weighted by molar-refractivity contribution is 5.92. The van der Waals surface area contributed by atoms with Crippen molar-refractivity contribution in [2.45, 2.75) is 45.8 Å². The molecule has 0 saturated heterocycles. The molecule has 5 nitrogen and oxygen atoms in total. The fourth-order valence-electron chi connectivity index (χ4n) is 1.52. The summed E-state index contributed by atoms with van der Waals surface area (Å²) < 4.78 is 25.7. The number of carbonyl (C=O) groups excluding carboxylic acids is 1. The zero-order valence-corrected chi connectivity index (χ0v) is 11.2. The Labute approximate surface area is 110 Å². The molecule has 1 atom stereocenters. The van der Waals surface area contributed by atoms with Crippen LogP contribution in [-0.2, 0) is 6.54 Å². The maximum Gasteiger partial charge on any atom is 0.269 e. The van der Waals surface area contributed by atoms with E-state index in [-0.39, 0.29) is 5.92 Å². The second-order valence-corrected chi connectivity index (χ2v) is 4.54.